The number of nitrogens with two attached hydrogens (primary N) is 1. The van der Waals surface area contributed by atoms with Crippen LogP contribution >= 0.6 is 23.4 Å². The number of thioether (sulfide) groups is 1. The molecule has 0 atom stereocenters. The fourth-order valence-electron chi connectivity index (χ4n) is 0.850. The second-order valence-corrected chi connectivity index (χ2v) is 4.01. The van der Waals surface area contributed by atoms with Crippen LogP contribution in [0.15, 0.2) is 24.3 Å². The van der Waals surface area contributed by atoms with Gasteiger partial charge < -0.3 is 5.73 Å². The van der Waals surface area contributed by atoms with E-state index in [1.54, 1.807) is 0 Å². The van der Waals surface area contributed by atoms with Gasteiger partial charge in [0.15, 0.2) is 0 Å². The number of primary amides is 1. The van der Waals surface area contributed by atoms with Crippen LogP contribution in [0, 0.1) is 0 Å². The lowest BCUT2D eigenvalue weighted by Gasteiger charge is -1.99. The molecule has 0 aliphatic carbocycles. The van der Waals surface area contributed by atoms with Crippen molar-refractivity contribution in [3.63, 3.8) is 0 Å². The van der Waals surface area contributed by atoms with E-state index in [0.29, 0.717) is 5.75 Å². The lowest BCUT2D eigenvalue weighted by molar-refractivity contribution is -0.115. The molecule has 0 aliphatic heterocycles. The lowest BCUT2D eigenvalue weighted by atomic mass is 10.2. The summed E-state index contributed by atoms with van der Waals surface area (Å²) in [4.78, 5) is 10.4. The lowest BCUT2D eigenvalue weighted by Crippen LogP contribution is -2.13. The van der Waals surface area contributed by atoms with E-state index in [1.165, 1.54) is 11.8 Å². The molecule has 0 fully saturated rings. The van der Waals surface area contributed by atoms with Gasteiger partial charge in [0.25, 0.3) is 0 Å². The molecular weight excluding hydrogens is 206 g/mol. The summed E-state index contributed by atoms with van der Waals surface area (Å²) in [5, 5.41) is 0.726. The normalized spacial score (nSPS) is 9.92. The van der Waals surface area contributed by atoms with Crippen molar-refractivity contribution in [3.8, 4) is 0 Å². The van der Waals surface area contributed by atoms with Crippen molar-refractivity contribution in [1.82, 2.24) is 0 Å². The van der Waals surface area contributed by atoms with Crippen LogP contribution in [0.1, 0.15) is 5.56 Å². The van der Waals surface area contributed by atoms with E-state index in [1.807, 2.05) is 24.3 Å². The molecule has 1 aromatic rings. The molecule has 0 saturated heterocycles. The van der Waals surface area contributed by atoms with Crippen LogP contribution in [-0.2, 0) is 10.5 Å². The Morgan fingerprint density at radius 3 is 2.54 bits per heavy atom. The van der Waals surface area contributed by atoms with Crippen LogP contribution < -0.4 is 5.73 Å². The zero-order chi connectivity index (χ0) is 9.68. The zero-order valence-corrected chi connectivity index (χ0v) is 8.57. The molecule has 2 N–H and O–H groups in total. The summed E-state index contributed by atoms with van der Waals surface area (Å²) in [6.45, 7) is 0. The molecule has 70 valence electrons. The molecule has 0 aromatic heterocycles. The number of hydrogen-bond acceptors (Lipinski definition) is 2. The van der Waals surface area contributed by atoms with Crippen molar-refractivity contribution in [2.24, 2.45) is 5.73 Å². The summed E-state index contributed by atoms with van der Waals surface area (Å²) in [5.74, 6) is 0.877. The number of halogens is 1. The van der Waals surface area contributed by atoms with Gasteiger partial charge in [0.1, 0.15) is 0 Å². The topological polar surface area (TPSA) is 43.1 Å². The minimum Gasteiger partial charge on any atom is -0.369 e. The number of amides is 1. The van der Waals surface area contributed by atoms with Crippen LogP contribution in [0.3, 0.4) is 0 Å². The summed E-state index contributed by atoms with van der Waals surface area (Å²) in [7, 11) is 0. The summed E-state index contributed by atoms with van der Waals surface area (Å²) in [5.41, 5.74) is 6.15. The highest BCUT2D eigenvalue weighted by atomic mass is 35.5. The second-order valence-electron chi connectivity index (χ2n) is 2.59. The Morgan fingerprint density at radius 2 is 2.00 bits per heavy atom. The second kappa shape index (κ2) is 5.14. The molecule has 0 bridgehead atoms. The minimum absolute atomic E-state index is 0.279. The fourth-order valence-corrected chi connectivity index (χ4v) is 1.71. The molecule has 0 spiro atoms. The van der Waals surface area contributed by atoms with E-state index in [2.05, 4.69) is 0 Å². The first kappa shape index (κ1) is 10.4. The van der Waals surface area contributed by atoms with Gasteiger partial charge in [-0.15, -0.1) is 11.8 Å². The predicted octanol–water partition coefficient (Wildman–Crippen LogP) is 2.06. The maximum atomic E-state index is 10.4. The Labute approximate surface area is 86.5 Å². The first-order valence-electron chi connectivity index (χ1n) is 3.79. The van der Waals surface area contributed by atoms with Gasteiger partial charge >= 0.3 is 0 Å². The van der Waals surface area contributed by atoms with Crippen LogP contribution in [0.4, 0.5) is 0 Å². The molecular formula is C9H10ClNOS. The summed E-state index contributed by atoms with van der Waals surface area (Å²) >= 11 is 7.22. The summed E-state index contributed by atoms with van der Waals surface area (Å²) in [6, 6.07) is 7.55. The van der Waals surface area contributed by atoms with Gasteiger partial charge in [-0.2, -0.15) is 0 Å². The molecule has 0 aliphatic rings. The van der Waals surface area contributed by atoms with Crippen molar-refractivity contribution in [3.05, 3.63) is 34.9 Å². The van der Waals surface area contributed by atoms with E-state index in [9.17, 15) is 4.79 Å². The Morgan fingerprint density at radius 1 is 1.38 bits per heavy atom. The van der Waals surface area contributed by atoms with Crippen molar-refractivity contribution in [1.29, 1.82) is 0 Å². The number of rotatable bonds is 4. The van der Waals surface area contributed by atoms with E-state index >= 15 is 0 Å². The standard InChI is InChI=1S/C9H10ClNOS/c10-8-3-1-7(2-4-8)5-13-6-9(11)12/h1-4H,5-6H2,(H2,11,12). The Kier molecular flexibility index (Phi) is 4.12. The molecule has 1 aromatic carbocycles. The van der Waals surface area contributed by atoms with Gasteiger partial charge in [-0.1, -0.05) is 23.7 Å². The van der Waals surface area contributed by atoms with E-state index in [4.69, 9.17) is 17.3 Å². The average molecular weight is 216 g/mol. The summed E-state index contributed by atoms with van der Waals surface area (Å²) in [6.07, 6.45) is 0. The molecule has 13 heavy (non-hydrogen) atoms. The average Bonchev–Trinajstić information content (AvgIpc) is 2.08. The van der Waals surface area contributed by atoms with E-state index in [-0.39, 0.29) is 5.91 Å². The third-order valence-electron chi connectivity index (χ3n) is 1.43. The van der Waals surface area contributed by atoms with Crippen LogP contribution in [-0.4, -0.2) is 11.7 Å². The highest BCUT2D eigenvalue weighted by Gasteiger charge is 1.96. The van der Waals surface area contributed by atoms with Crippen LogP contribution in [0.25, 0.3) is 0 Å². The molecule has 0 unspecified atom stereocenters. The molecule has 4 heteroatoms. The van der Waals surface area contributed by atoms with Crippen molar-refractivity contribution < 1.29 is 4.79 Å². The monoisotopic (exact) mass is 215 g/mol. The Balaban J connectivity index is 2.37. The van der Waals surface area contributed by atoms with Gasteiger partial charge in [-0.25, -0.2) is 0 Å². The molecule has 1 rings (SSSR count). The highest BCUT2D eigenvalue weighted by molar-refractivity contribution is 7.99. The number of benzene rings is 1. The van der Waals surface area contributed by atoms with Gasteiger partial charge in [-0.05, 0) is 17.7 Å². The minimum atomic E-state index is -0.279. The number of carbonyl (C=O) groups is 1. The quantitative estimate of drug-likeness (QED) is 0.836. The molecule has 2 nitrogen and oxygen atoms in total. The van der Waals surface area contributed by atoms with E-state index < -0.39 is 0 Å². The van der Waals surface area contributed by atoms with Gasteiger partial charge in [0.2, 0.25) is 5.91 Å². The van der Waals surface area contributed by atoms with Crippen molar-refractivity contribution in [2.45, 2.75) is 5.75 Å². The molecule has 0 saturated carbocycles. The third-order valence-corrected chi connectivity index (χ3v) is 2.70. The Hall–Kier alpha value is -0.670. The van der Waals surface area contributed by atoms with Crippen LogP contribution in [0.2, 0.25) is 5.02 Å². The number of hydrogen-bond donors (Lipinski definition) is 1. The molecule has 1 amide bonds. The fraction of sp³-hybridized carbons (Fsp3) is 0.222. The summed E-state index contributed by atoms with van der Waals surface area (Å²) < 4.78 is 0. The highest BCUT2D eigenvalue weighted by Crippen LogP contribution is 2.14. The molecule has 0 heterocycles. The maximum Gasteiger partial charge on any atom is 0.227 e. The zero-order valence-electron chi connectivity index (χ0n) is 7.00. The van der Waals surface area contributed by atoms with Crippen LogP contribution in [0.5, 0.6) is 0 Å². The first-order chi connectivity index (χ1) is 6.18. The SMILES string of the molecule is NC(=O)CSCc1ccc(Cl)cc1. The van der Waals surface area contributed by atoms with Crippen molar-refractivity contribution in [2.75, 3.05) is 5.75 Å². The smallest absolute Gasteiger partial charge is 0.227 e. The number of carbonyl (C=O) groups excluding carboxylic acids is 1. The van der Waals surface area contributed by atoms with Gasteiger partial charge in [0, 0.05) is 10.8 Å². The first-order valence-corrected chi connectivity index (χ1v) is 5.32. The predicted molar refractivity (Wildman–Crippen MR) is 56.8 cm³/mol. The Bertz CT molecular complexity index is 286. The van der Waals surface area contributed by atoms with E-state index in [0.717, 1.165) is 16.3 Å². The van der Waals surface area contributed by atoms with Gasteiger partial charge in [0.05, 0.1) is 5.75 Å². The maximum absolute atomic E-state index is 10.4. The largest absolute Gasteiger partial charge is 0.369 e. The van der Waals surface area contributed by atoms with Crippen molar-refractivity contribution >= 4 is 29.3 Å². The third kappa shape index (κ3) is 4.20. The molecule has 0 radical (unpaired) electrons. The van der Waals surface area contributed by atoms with Gasteiger partial charge in [-0.3, -0.25) is 4.79 Å².